The molecule has 2 saturated heterocycles. The number of halogens is 2. The van der Waals surface area contributed by atoms with Gasteiger partial charge in [-0.2, -0.15) is 0 Å². The summed E-state index contributed by atoms with van der Waals surface area (Å²) in [6, 6.07) is 8.64. The van der Waals surface area contributed by atoms with E-state index in [4.69, 9.17) is 14.2 Å². The van der Waals surface area contributed by atoms with Crippen LogP contribution in [0.2, 0.25) is 0 Å². The Morgan fingerprint density at radius 1 is 0.932 bits per heavy atom. The molecule has 3 aromatic rings. The Hall–Kier alpha value is -3.70. The summed E-state index contributed by atoms with van der Waals surface area (Å²) in [5.41, 5.74) is 1.95. The van der Waals surface area contributed by atoms with Crippen LogP contribution < -0.4 is 24.4 Å². The maximum atomic E-state index is 14.6. The standard InChI is InChI=1S/C33H44F2N6O3/c1-6-43-29-18-24(7-8-28(29)41-11-9-25(10-12-41)40-15-13-39(14-16-40)22(2)3)38-33-36-19-26(20-37-33)44-21-27-31(34)23(4)17-30(42-5)32(27)35/h7-8,17-20,22,25H,6,9-16,21H2,1-5H3,(H,36,37,38). The number of hydrogen-bond acceptors (Lipinski definition) is 9. The number of nitrogens with one attached hydrogen (secondary N) is 1. The van der Waals surface area contributed by atoms with Crippen LogP contribution in [-0.4, -0.2) is 84.8 Å². The highest BCUT2D eigenvalue weighted by molar-refractivity contribution is 5.67. The van der Waals surface area contributed by atoms with Gasteiger partial charge in [0.2, 0.25) is 5.95 Å². The molecule has 0 unspecified atom stereocenters. The van der Waals surface area contributed by atoms with Gasteiger partial charge in [0.15, 0.2) is 17.3 Å². The van der Waals surface area contributed by atoms with E-state index in [1.165, 1.54) is 25.6 Å². The first kappa shape index (κ1) is 31.7. The van der Waals surface area contributed by atoms with Gasteiger partial charge in [-0.05, 0) is 64.3 Å². The van der Waals surface area contributed by atoms with Crippen LogP contribution >= 0.6 is 0 Å². The van der Waals surface area contributed by atoms with Crippen LogP contribution in [0.1, 0.15) is 44.7 Å². The number of methoxy groups -OCH3 is 1. The average Bonchev–Trinajstić information content (AvgIpc) is 3.04. The fraction of sp³-hybridized carbons (Fsp3) is 0.515. The summed E-state index contributed by atoms with van der Waals surface area (Å²) in [6.07, 6.45) is 5.21. The van der Waals surface area contributed by atoms with Gasteiger partial charge in [-0.3, -0.25) is 9.80 Å². The van der Waals surface area contributed by atoms with Crippen molar-refractivity contribution in [2.75, 3.05) is 63.2 Å². The third kappa shape index (κ3) is 7.32. The van der Waals surface area contributed by atoms with Crippen molar-refractivity contribution in [1.29, 1.82) is 0 Å². The molecule has 2 fully saturated rings. The smallest absolute Gasteiger partial charge is 0.227 e. The molecular weight excluding hydrogens is 566 g/mol. The van der Waals surface area contributed by atoms with Crippen molar-refractivity contribution in [2.24, 2.45) is 0 Å². The normalized spacial score (nSPS) is 16.8. The lowest BCUT2D eigenvalue weighted by molar-refractivity contribution is 0.0692. The van der Waals surface area contributed by atoms with Crippen molar-refractivity contribution in [1.82, 2.24) is 19.8 Å². The molecule has 9 nitrogen and oxygen atoms in total. The summed E-state index contributed by atoms with van der Waals surface area (Å²) in [6.45, 7) is 14.9. The maximum absolute atomic E-state index is 14.6. The van der Waals surface area contributed by atoms with Gasteiger partial charge in [0, 0.05) is 63.1 Å². The van der Waals surface area contributed by atoms with E-state index in [0.717, 1.165) is 69.2 Å². The number of aryl methyl sites for hydroxylation is 1. The topological polar surface area (TPSA) is 75.2 Å². The first-order valence-corrected chi connectivity index (χ1v) is 15.5. The minimum absolute atomic E-state index is 0.0315. The number of nitrogens with zero attached hydrogens (tertiary/aromatic N) is 5. The first-order chi connectivity index (χ1) is 21.3. The van der Waals surface area contributed by atoms with Crippen LogP contribution in [0.4, 0.5) is 26.1 Å². The van der Waals surface area contributed by atoms with E-state index in [1.54, 1.807) is 6.92 Å². The zero-order valence-electron chi connectivity index (χ0n) is 26.4. The molecule has 0 bridgehead atoms. The zero-order valence-corrected chi connectivity index (χ0v) is 26.4. The third-order valence-corrected chi connectivity index (χ3v) is 8.59. The molecule has 2 aliphatic heterocycles. The summed E-state index contributed by atoms with van der Waals surface area (Å²) in [4.78, 5) is 16.3. The van der Waals surface area contributed by atoms with Crippen LogP contribution in [0.15, 0.2) is 36.7 Å². The van der Waals surface area contributed by atoms with Crippen molar-refractivity contribution in [3.05, 3.63) is 59.4 Å². The van der Waals surface area contributed by atoms with Gasteiger partial charge >= 0.3 is 0 Å². The Morgan fingerprint density at radius 2 is 1.64 bits per heavy atom. The molecule has 44 heavy (non-hydrogen) atoms. The molecule has 0 radical (unpaired) electrons. The monoisotopic (exact) mass is 610 g/mol. The van der Waals surface area contributed by atoms with Gasteiger partial charge < -0.3 is 24.4 Å². The van der Waals surface area contributed by atoms with Gasteiger partial charge in [-0.15, -0.1) is 0 Å². The van der Waals surface area contributed by atoms with E-state index in [1.807, 2.05) is 19.1 Å². The lowest BCUT2D eigenvalue weighted by atomic mass is 10.0. The Balaban J connectivity index is 1.18. The predicted molar refractivity (Wildman–Crippen MR) is 168 cm³/mol. The summed E-state index contributed by atoms with van der Waals surface area (Å²) in [5, 5.41) is 3.21. The number of aromatic nitrogens is 2. The number of piperazine rings is 1. The van der Waals surface area contributed by atoms with E-state index in [9.17, 15) is 8.78 Å². The fourth-order valence-electron chi connectivity index (χ4n) is 6.04. The second-order valence-electron chi connectivity index (χ2n) is 11.7. The van der Waals surface area contributed by atoms with Gasteiger partial charge in [0.25, 0.3) is 0 Å². The molecule has 5 rings (SSSR count). The molecule has 0 saturated carbocycles. The highest BCUT2D eigenvalue weighted by atomic mass is 19.1. The SMILES string of the molecule is CCOc1cc(Nc2ncc(OCc3c(F)c(C)cc(OC)c3F)cn2)ccc1N1CCC(N2CCN(C(C)C)CC2)CC1. The largest absolute Gasteiger partial charge is 0.494 e. The van der Waals surface area contributed by atoms with Crippen LogP contribution in [0, 0.1) is 18.6 Å². The Kier molecular flexibility index (Phi) is 10.4. The number of hydrogen-bond donors (Lipinski definition) is 1. The summed E-state index contributed by atoms with van der Waals surface area (Å²) < 4.78 is 45.7. The van der Waals surface area contributed by atoms with Gasteiger partial charge in [-0.25, -0.2) is 18.7 Å². The molecule has 0 aliphatic carbocycles. The lowest BCUT2D eigenvalue weighted by Gasteiger charge is -2.44. The quantitative estimate of drug-likeness (QED) is 0.291. The molecule has 11 heteroatoms. The van der Waals surface area contributed by atoms with Gasteiger partial charge in [-0.1, -0.05) is 0 Å². The molecule has 2 aromatic carbocycles. The second kappa shape index (κ2) is 14.4. The summed E-state index contributed by atoms with van der Waals surface area (Å²) >= 11 is 0. The Bertz CT molecular complexity index is 1390. The Labute approximate surface area is 259 Å². The van der Waals surface area contributed by atoms with Crippen molar-refractivity contribution >= 4 is 17.3 Å². The molecule has 1 N–H and O–H groups in total. The van der Waals surface area contributed by atoms with E-state index in [0.29, 0.717) is 24.6 Å². The number of ether oxygens (including phenoxy) is 3. The number of benzene rings is 2. The minimum atomic E-state index is -0.784. The van der Waals surface area contributed by atoms with Crippen molar-refractivity contribution in [3.63, 3.8) is 0 Å². The Morgan fingerprint density at radius 3 is 2.27 bits per heavy atom. The molecule has 0 spiro atoms. The van der Waals surface area contributed by atoms with Crippen LogP contribution in [-0.2, 0) is 6.61 Å². The molecule has 2 aliphatic rings. The number of anilines is 3. The molecular formula is C33H44F2N6O3. The summed E-state index contributed by atoms with van der Waals surface area (Å²) in [7, 11) is 1.34. The van der Waals surface area contributed by atoms with E-state index >= 15 is 0 Å². The maximum Gasteiger partial charge on any atom is 0.227 e. The second-order valence-corrected chi connectivity index (χ2v) is 11.7. The van der Waals surface area contributed by atoms with Gasteiger partial charge in [0.1, 0.15) is 18.2 Å². The number of piperidine rings is 1. The van der Waals surface area contributed by atoms with Crippen LogP contribution in [0.25, 0.3) is 0 Å². The fourth-order valence-corrected chi connectivity index (χ4v) is 6.04. The molecule has 1 aromatic heterocycles. The molecule has 3 heterocycles. The third-order valence-electron chi connectivity index (χ3n) is 8.59. The van der Waals surface area contributed by atoms with Crippen molar-refractivity contribution in [2.45, 2.75) is 59.2 Å². The average molecular weight is 611 g/mol. The van der Waals surface area contributed by atoms with E-state index in [2.05, 4.69) is 49.9 Å². The first-order valence-electron chi connectivity index (χ1n) is 15.5. The van der Waals surface area contributed by atoms with Crippen LogP contribution in [0.5, 0.6) is 17.2 Å². The van der Waals surface area contributed by atoms with E-state index < -0.39 is 11.6 Å². The number of rotatable bonds is 11. The lowest BCUT2D eigenvalue weighted by Crippen LogP contribution is -2.54. The molecule has 0 atom stereocenters. The van der Waals surface area contributed by atoms with Crippen molar-refractivity contribution in [3.8, 4) is 17.2 Å². The van der Waals surface area contributed by atoms with Crippen molar-refractivity contribution < 1.29 is 23.0 Å². The summed E-state index contributed by atoms with van der Waals surface area (Å²) in [5.74, 6) is -0.0190. The predicted octanol–water partition coefficient (Wildman–Crippen LogP) is 5.79. The van der Waals surface area contributed by atoms with Crippen LogP contribution in [0.3, 0.4) is 0 Å². The molecule has 0 amide bonds. The minimum Gasteiger partial charge on any atom is -0.494 e. The zero-order chi connectivity index (χ0) is 31.2. The van der Waals surface area contributed by atoms with E-state index in [-0.39, 0.29) is 29.2 Å². The highest BCUT2D eigenvalue weighted by Crippen LogP contribution is 2.35. The van der Waals surface area contributed by atoms with Gasteiger partial charge in [0.05, 0.1) is 37.4 Å². The molecule has 238 valence electrons. The highest BCUT2D eigenvalue weighted by Gasteiger charge is 2.29.